The third kappa shape index (κ3) is 5.20. The van der Waals surface area contributed by atoms with E-state index in [0.717, 1.165) is 29.5 Å². The number of nitrogens with zero attached hydrogens (tertiary/aromatic N) is 4. The highest BCUT2D eigenvalue weighted by Crippen LogP contribution is 2.47. The van der Waals surface area contributed by atoms with E-state index in [0.29, 0.717) is 32.4 Å². The number of nitrogens with two attached hydrogens (primary N) is 1. The summed E-state index contributed by atoms with van der Waals surface area (Å²) in [4.78, 5) is 44.1. The molecule has 1 aliphatic carbocycles. The highest BCUT2D eigenvalue weighted by atomic mass is 35.5. The Hall–Kier alpha value is -4.15. The van der Waals surface area contributed by atoms with Crippen molar-refractivity contribution in [3.05, 3.63) is 86.4 Å². The van der Waals surface area contributed by atoms with Gasteiger partial charge in [-0.3, -0.25) is 14.4 Å². The number of allylic oxidation sites excluding steroid dienone is 1. The van der Waals surface area contributed by atoms with E-state index >= 15 is 0 Å². The number of nitrogen functional groups attached to an aromatic ring is 1. The maximum atomic E-state index is 13.3. The molecule has 0 radical (unpaired) electrons. The normalized spacial score (nSPS) is 16.8. The lowest BCUT2D eigenvalue weighted by Gasteiger charge is -2.16. The quantitative estimate of drug-likeness (QED) is 0.204. The zero-order valence-electron chi connectivity index (χ0n) is 20.7. The second-order valence-electron chi connectivity index (χ2n) is 9.22. The average molecular weight is 588 g/mol. The van der Waals surface area contributed by atoms with E-state index in [1.807, 2.05) is 6.07 Å². The first-order chi connectivity index (χ1) is 19.2. The highest BCUT2D eigenvalue weighted by molar-refractivity contribution is 8.00. The van der Waals surface area contributed by atoms with Crippen LogP contribution in [0.25, 0.3) is 6.08 Å². The molecule has 1 saturated heterocycles. The number of imide groups is 1. The van der Waals surface area contributed by atoms with E-state index < -0.39 is 17.1 Å². The standard InChI is InChI=1S/C29H19Cl2N5O3S/c30-21-2-1-3-22(31)18(21)10-11-23(37)15-6-8-17(9-7-15)36-25(38)12-24(29(36)39)40-28-20(14-33)26(16-4-5-16)19(13-32)27(34)35-28/h1-3,6-11,16,24H,4-5,12H2,(H2,34,35)/b11-10+/t24-/m1/s1. The van der Waals surface area contributed by atoms with Gasteiger partial charge in [-0.1, -0.05) is 41.0 Å². The summed E-state index contributed by atoms with van der Waals surface area (Å²) in [6.07, 6.45) is 4.46. The summed E-state index contributed by atoms with van der Waals surface area (Å²) in [6.45, 7) is 0. The van der Waals surface area contributed by atoms with E-state index in [2.05, 4.69) is 11.1 Å². The molecular formula is C29H19Cl2N5O3S. The summed E-state index contributed by atoms with van der Waals surface area (Å²) in [5, 5.41) is 19.6. The molecule has 1 saturated carbocycles. The van der Waals surface area contributed by atoms with Crippen molar-refractivity contribution in [2.75, 3.05) is 10.6 Å². The minimum Gasteiger partial charge on any atom is -0.383 e. The van der Waals surface area contributed by atoms with Gasteiger partial charge in [0.2, 0.25) is 11.8 Å². The molecule has 5 rings (SSSR count). The van der Waals surface area contributed by atoms with Gasteiger partial charge in [0.15, 0.2) is 5.78 Å². The SMILES string of the molecule is N#Cc1c(N)nc(S[C@@H]2CC(=O)N(c3ccc(C(=O)/C=C/c4c(Cl)cccc4Cl)cc3)C2=O)c(C#N)c1C1CC1. The van der Waals surface area contributed by atoms with Crippen molar-refractivity contribution < 1.29 is 14.4 Å². The van der Waals surface area contributed by atoms with Crippen molar-refractivity contribution in [3.63, 3.8) is 0 Å². The first kappa shape index (κ1) is 27.4. The fourth-order valence-corrected chi connectivity index (χ4v) is 6.14. The Kier molecular flexibility index (Phi) is 7.64. The van der Waals surface area contributed by atoms with E-state index in [1.165, 1.54) is 36.4 Å². The minimum absolute atomic E-state index is 0.00522. The number of rotatable bonds is 7. The topological polar surface area (TPSA) is 141 Å². The molecule has 40 heavy (non-hydrogen) atoms. The molecule has 2 aromatic carbocycles. The van der Waals surface area contributed by atoms with Gasteiger partial charge in [-0.25, -0.2) is 9.88 Å². The molecular weight excluding hydrogens is 569 g/mol. The number of carbonyl (C=O) groups excluding carboxylic acids is 3. The number of carbonyl (C=O) groups is 3. The van der Waals surface area contributed by atoms with Gasteiger partial charge in [0.1, 0.15) is 23.0 Å². The summed E-state index contributed by atoms with van der Waals surface area (Å²) in [6, 6.07) is 15.3. The number of hydrogen-bond acceptors (Lipinski definition) is 8. The molecule has 2 heterocycles. The minimum atomic E-state index is -0.823. The molecule has 2 amide bonds. The monoisotopic (exact) mass is 587 g/mol. The second-order valence-corrected chi connectivity index (χ2v) is 11.2. The Bertz CT molecular complexity index is 1670. The Morgan fingerprint density at radius 2 is 1.70 bits per heavy atom. The van der Waals surface area contributed by atoms with Gasteiger partial charge >= 0.3 is 0 Å². The van der Waals surface area contributed by atoms with Gasteiger partial charge in [-0.2, -0.15) is 10.5 Å². The predicted molar refractivity (Wildman–Crippen MR) is 153 cm³/mol. The van der Waals surface area contributed by atoms with Crippen molar-refractivity contribution in [1.29, 1.82) is 10.5 Å². The van der Waals surface area contributed by atoms with Crippen LogP contribution in [0.1, 0.15) is 57.8 Å². The molecule has 8 nitrogen and oxygen atoms in total. The molecule has 0 unspecified atom stereocenters. The molecule has 1 aliphatic heterocycles. The first-order valence-electron chi connectivity index (χ1n) is 12.2. The summed E-state index contributed by atoms with van der Waals surface area (Å²) in [5.74, 6) is -1.13. The lowest BCUT2D eigenvalue weighted by Crippen LogP contribution is -2.31. The van der Waals surface area contributed by atoms with Crippen LogP contribution in [0.3, 0.4) is 0 Å². The van der Waals surface area contributed by atoms with E-state index in [9.17, 15) is 24.9 Å². The Morgan fingerprint density at radius 3 is 2.30 bits per heavy atom. The summed E-state index contributed by atoms with van der Waals surface area (Å²) in [5.41, 5.74) is 8.20. The maximum absolute atomic E-state index is 13.3. The molecule has 2 fully saturated rings. The van der Waals surface area contributed by atoms with Crippen molar-refractivity contribution >= 4 is 70.1 Å². The van der Waals surface area contributed by atoms with Gasteiger partial charge in [-0.15, -0.1) is 0 Å². The van der Waals surface area contributed by atoms with Crippen LogP contribution >= 0.6 is 35.0 Å². The van der Waals surface area contributed by atoms with E-state index in [-0.39, 0.29) is 40.1 Å². The van der Waals surface area contributed by atoms with Crippen molar-refractivity contribution in [2.45, 2.75) is 35.5 Å². The number of nitriles is 2. The van der Waals surface area contributed by atoms with Crippen LogP contribution in [-0.4, -0.2) is 27.8 Å². The molecule has 0 bridgehead atoms. The fourth-order valence-electron chi connectivity index (χ4n) is 4.49. The molecule has 1 aromatic heterocycles. The maximum Gasteiger partial charge on any atom is 0.247 e. The van der Waals surface area contributed by atoms with Gasteiger partial charge in [0.25, 0.3) is 0 Å². The van der Waals surface area contributed by atoms with Crippen LogP contribution in [0.15, 0.2) is 53.6 Å². The molecule has 3 aromatic rings. The molecule has 2 aliphatic rings. The number of pyridine rings is 1. The molecule has 1 atom stereocenters. The van der Waals surface area contributed by atoms with Crippen molar-refractivity contribution in [1.82, 2.24) is 4.98 Å². The first-order valence-corrected chi connectivity index (χ1v) is 13.8. The Labute approximate surface area is 244 Å². The number of aromatic nitrogens is 1. The van der Waals surface area contributed by atoms with Gasteiger partial charge < -0.3 is 5.73 Å². The third-order valence-corrected chi connectivity index (χ3v) is 8.44. The van der Waals surface area contributed by atoms with Gasteiger partial charge in [0.05, 0.1) is 22.1 Å². The lowest BCUT2D eigenvalue weighted by molar-refractivity contribution is -0.121. The number of benzene rings is 2. The zero-order chi connectivity index (χ0) is 28.6. The van der Waals surface area contributed by atoms with Crippen LogP contribution in [-0.2, 0) is 9.59 Å². The number of thioether (sulfide) groups is 1. The van der Waals surface area contributed by atoms with Crippen molar-refractivity contribution in [3.8, 4) is 12.1 Å². The van der Waals surface area contributed by atoms with Crippen LogP contribution < -0.4 is 10.6 Å². The van der Waals surface area contributed by atoms with Crippen LogP contribution in [0.5, 0.6) is 0 Å². The van der Waals surface area contributed by atoms with Crippen molar-refractivity contribution in [2.24, 2.45) is 0 Å². The van der Waals surface area contributed by atoms with Gasteiger partial charge in [0, 0.05) is 27.6 Å². The summed E-state index contributed by atoms with van der Waals surface area (Å²) >= 11 is 13.3. The lowest BCUT2D eigenvalue weighted by atomic mass is 10.0. The molecule has 11 heteroatoms. The number of anilines is 2. The smallest absolute Gasteiger partial charge is 0.247 e. The van der Waals surface area contributed by atoms with Crippen LogP contribution in [0, 0.1) is 22.7 Å². The van der Waals surface area contributed by atoms with Crippen LogP contribution in [0.4, 0.5) is 11.5 Å². The number of amides is 2. The average Bonchev–Trinajstić information content (AvgIpc) is 3.73. The summed E-state index contributed by atoms with van der Waals surface area (Å²) < 4.78 is 0. The number of ketones is 1. The Morgan fingerprint density at radius 1 is 1.05 bits per heavy atom. The van der Waals surface area contributed by atoms with E-state index in [1.54, 1.807) is 18.2 Å². The third-order valence-electron chi connectivity index (χ3n) is 6.61. The second kappa shape index (κ2) is 11.1. The number of halogens is 2. The highest BCUT2D eigenvalue weighted by Gasteiger charge is 2.42. The number of hydrogen-bond donors (Lipinski definition) is 1. The van der Waals surface area contributed by atoms with E-state index in [4.69, 9.17) is 28.9 Å². The fraction of sp³-hybridized carbons (Fsp3) is 0.172. The van der Waals surface area contributed by atoms with Gasteiger partial charge in [-0.05, 0) is 72.9 Å². The Balaban J connectivity index is 1.34. The molecule has 2 N–H and O–H groups in total. The largest absolute Gasteiger partial charge is 0.383 e. The predicted octanol–water partition coefficient (Wildman–Crippen LogP) is 5.91. The molecule has 198 valence electrons. The molecule has 0 spiro atoms. The summed E-state index contributed by atoms with van der Waals surface area (Å²) in [7, 11) is 0. The van der Waals surface area contributed by atoms with Crippen LogP contribution in [0.2, 0.25) is 10.0 Å². The zero-order valence-corrected chi connectivity index (χ0v) is 23.1.